The Morgan fingerprint density at radius 2 is 1.73 bits per heavy atom. The number of rotatable bonds is 12. The molecule has 1 rings (SSSR count). The Hall–Kier alpha value is -0.953. The van der Waals surface area contributed by atoms with Crippen LogP contribution in [-0.4, -0.2) is 36.0 Å². The zero-order valence-electron chi connectivity index (χ0n) is 20.3. The van der Waals surface area contributed by atoms with Gasteiger partial charge in [-0.2, -0.15) is 0 Å². The molecule has 0 aliphatic heterocycles. The zero-order chi connectivity index (χ0) is 23.0. The van der Waals surface area contributed by atoms with Crippen LogP contribution >= 0.6 is 0 Å². The Kier molecular flexibility index (Phi) is 10.5. The number of benzene rings is 1. The topological polar surface area (TPSA) is 47.6 Å². The van der Waals surface area contributed by atoms with Crippen LogP contribution in [0, 0.1) is 0 Å². The molecule has 0 radical (unpaired) electrons. The molecule has 6 heteroatoms. The summed E-state index contributed by atoms with van der Waals surface area (Å²) in [5, 5.41) is 0.0762. The third kappa shape index (κ3) is 9.04. The highest BCUT2D eigenvalue weighted by Gasteiger charge is 2.41. The lowest BCUT2D eigenvalue weighted by Crippen LogP contribution is -2.54. The third-order valence-electron chi connectivity index (χ3n) is 5.60. The maximum Gasteiger partial charge on any atom is 0.192 e. The minimum absolute atomic E-state index is 0.0668. The summed E-state index contributed by atoms with van der Waals surface area (Å²) in [6.07, 6.45) is 4.48. The first-order chi connectivity index (χ1) is 13.8. The molecule has 0 saturated carbocycles. The number of ether oxygens (including phenoxy) is 1. The first kappa shape index (κ1) is 27.1. The van der Waals surface area contributed by atoms with Crippen molar-refractivity contribution in [2.75, 3.05) is 6.61 Å². The van der Waals surface area contributed by atoms with Gasteiger partial charge < -0.3 is 9.16 Å². The van der Waals surface area contributed by atoms with E-state index < -0.39 is 19.3 Å². The fourth-order valence-corrected chi connectivity index (χ4v) is 4.84. The van der Waals surface area contributed by atoms with Crippen molar-refractivity contribution < 1.29 is 13.4 Å². The first-order valence-electron chi connectivity index (χ1n) is 10.9. The zero-order valence-corrected chi connectivity index (χ0v) is 22.1. The molecule has 0 aromatic heterocycles. The number of hydrogen-bond acceptors (Lipinski definition) is 3. The van der Waals surface area contributed by atoms with Crippen LogP contribution in [0.2, 0.25) is 18.1 Å². The average molecular weight is 454 g/mol. The predicted octanol–water partition coefficient (Wildman–Crippen LogP) is 6.23. The highest BCUT2D eigenvalue weighted by molar-refractivity contribution is 7.84. The summed E-state index contributed by atoms with van der Waals surface area (Å²) in [5.74, 6) is 0.822. The van der Waals surface area contributed by atoms with Crippen molar-refractivity contribution in [1.29, 1.82) is 0 Å². The van der Waals surface area contributed by atoms with Gasteiger partial charge in [-0.25, -0.2) is 8.93 Å². The van der Waals surface area contributed by atoms with Crippen LogP contribution in [0.1, 0.15) is 60.8 Å². The second-order valence-corrected chi connectivity index (χ2v) is 17.1. The summed E-state index contributed by atoms with van der Waals surface area (Å²) in [7, 11) is -3.24. The number of para-hydroxylation sites is 1. The lowest BCUT2D eigenvalue weighted by molar-refractivity contribution is 0.0854. The summed E-state index contributed by atoms with van der Waals surface area (Å²) >= 11 is 0. The standard InChI is InChI=1S/C24H43NO3SSi/c1-10-11-13-18-21(25-29(26)23(2,3)4)22(28-30(8,9)24(5,6)7)19-27-20-16-14-12-15-17-20/h10,12,14-17,21-22,25H,1,11,13,18-19H2,2-9H3. The Balaban J connectivity index is 3.13. The van der Waals surface area contributed by atoms with Crippen LogP contribution in [0.4, 0.5) is 0 Å². The Morgan fingerprint density at radius 1 is 1.13 bits per heavy atom. The largest absolute Gasteiger partial charge is 0.491 e. The molecule has 1 aromatic carbocycles. The Morgan fingerprint density at radius 3 is 2.23 bits per heavy atom. The van der Waals surface area contributed by atoms with Crippen molar-refractivity contribution in [1.82, 2.24) is 4.72 Å². The van der Waals surface area contributed by atoms with Gasteiger partial charge in [-0.1, -0.05) is 45.0 Å². The van der Waals surface area contributed by atoms with Crippen LogP contribution < -0.4 is 9.46 Å². The molecule has 0 aliphatic carbocycles. The molecule has 1 N–H and O–H groups in total. The molecule has 0 aliphatic rings. The fourth-order valence-electron chi connectivity index (χ4n) is 2.60. The van der Waals surface area contributed by atoms with E-state index in [-0.39, 0.29) is 21.9 Å². The van der Waals surface area contributed by atoms with Gasteiger partial charge in [-0.3, -0.25) is 0 Å². The van der Waals surface area contributed by atoms with Crippen LogP contribution in [0.25, 0.3) is 0 Å². The second kappa shape index (κ2) is 11.6. The molecule has 172 valence electrons. The van der Waals surface area contributed by atoms with Crippen molar-refractivity contribution in [2.45, 2.75) is 95.8 Å². The van der Waals surface area contributed by atoms with Crippen LogP contribution in [0.5, 0.6) is 5.75 Å². The second-order valence-electron chi connectivity index (χ2n) is 10.4. The van der Waals surface area contributed by atoms with E-state index in [0.717, 1.165) is 25.0 Å². The van der Waals surface area contributed by atoms with Crippen molar-refractivity contribution in [3.8, 4) is 5.75 Å². The molecule has 0 saturated heterocycles. The summed E-state index contributed by atoms with van der Waals surface area (Å²) in [5.41, 5.74) is 0. The van der Waals surface area contributed by atoms with Gasteiger partial charge in [0, 0.05) is 6.04 Å². The highest BCUT2D eigenvalue weighted by Crippen LogP contribution is 2.38. The van der Waals surface area contributed by atoms with E-state index in [4.69, 9.17) is 9.16 Å². The summed E-state index contributed by atoms with van der Waals surface area (Å²) in [4.78, 5) is 0. The van der Waals surface area contributed by atoms with E-state index in [2.05, 4.69) is 45.2 Å². The predicted molar refractivity (Wildman–Crippen MR) is 133 cm³/mol. The number of allylic oxidation sites excluding steroid dienone is 1. The molecule has 0 heterocycles. The molecule has 0 fully saturated rings. The lowest BCUT2D eigenvalue weighted by Gasteiger charge is -2.41. The summed E-state index contributed by atoms with van der Waals surface area (Å²) in [6, 6.07) is 9.75. The van der Waals surface area contributed by atoms with Gasteiger partial charge in [-0.05, 0) is 70.3 Å². The van der Waals surface area contributed by atoms with Crippen molar-refractivity contribution in [3.05, 3.63) is 43.0 Å². The van der Waals surface area contributed by atoms with Crippen molar-refractivity contribution in [2.24, 2.45) is 0 Å². The molecule has 4 nitrogen and oxygen atoms in total. The van der Waals surface area contributed by atoms with Gasteiger partial charge in [-0.15, -0.1) is 6.58 Å². The average Bonchev–Trinajstić information content (AvgIpc) is 2.63. The van der Waals surface area contributed by atoms with E-state index in [1.807, 2.05) is 57.2 Å². The molecule has 3 unspecified atom stereocenters. The number of unbranched alkanes of at least 4 members (excludes halogenated alkanes) is 1. The summed E-state index contributed by atoms with van der Waals surface area (Å²) < 4.78 is 28.9. The van der Waals surface area contributed by atoms with Gasteiger partial charge in [0.1, 0.15) is 12.4 Å². The molecule has 3 atom stereocenters. The lowest BCUT2D eigenvalue weighted by atomic mass is 10.1. The maximum atomic E-state index is 12.9. The van der Waals surface area contributed by atoms with E-state index in [0.29, 0.717) is 6.61 Å². The van der Waals surface area contributed by atoms with Gasteiger partial charge in [0.05, 0.1) is 21.8 Å². The third-order valence-corrected chi connectivity index (χ3v) is 11.7. The molecule has 0 bridgehead atoms. The molecular formula is C24H43NO3SSi. The number of nitrogens with one attached hydrogen (secondary N) is 1. The van der Waals surface area contributed by atoms with Crippen LogP contribution in [-0.2, 0) is 15.4 Å². The maximum absolute atomic E-state index is 12.9. The normalized spacial score (nSPS) is 16.0. The van der Waals surface area contributed by atoms with E-state index in [9.17, 15) is 4.21 Å². The minimum Gasteiger partial charge on any atom is -0.491 e. The Bertz CT molecular complexity index is 665. The minimum atomic E-state index is -2.05. The van der Waals surface area contributed by atoms with E-state index in [1.165, 1.54) is 0 Å². The molecule has 0 amide bonds. The SMILES string of the molecule is C=CCCCC(NS(=O)C(C)(C)C)C(COc1ccccc1)O[Si](C)(C)C(C)(C)C. The van der Waals surface area contributed by atoms with Crippen LogP contribution in [0.3, 0.4) is 0 Å². The van der Waals surface area contributed by atoms with Crippen molar-refractivity contribution >= 4 is 19.3 Å². The summed E-state index contributed by atoms with van der Waals surface area (Å²) in [6.45, 7) is 21.4. The van der Waals surface area contributed by atoms with Gasteiger partial charge in [0.2, 0.25) is 0 Å². The quantitative estimate of drug-likeness (QED) is 0.232. The van der Waals surface area contributed by atoms with Gasteiger partial charge in [0.25, 0.3) is 0 Å². The first-order valence-corrected chi connectivity index (χ1v) is 15.0. The molecule has 30 heavy (non-hydrogen) atoms. The van der Waals surface area contributed by atoms with Gasteiger partial charge >= 0.3 is 0 Å². The van der Waals surface area contributed by atoms with Gasteiger partial charge in [0.15, 0.2) is 8.32 Å². The molecular weight excluding hydrogens is 410 g/mol. The molecule has 1 aromatic rings. The van der Waals surface area contributed by atoms with E-state index >= 15 is 0 Å². The smallest absolute Gasteiger partial charge is 0.192 e. The van der Waals surface area contributed by atoms with E-state index in [1.54, 1.807) is 0 Å². The van der Waals surface area contributed by atoms with Crippen molar-refractivity contribution in [3.63, 3.8) is 0 Å². The number of hydrogen-bond donors (Lipinski definition) is 1. The van der Waals surface area contributed by atoms with Crippen LogP contribution in [0.15, 0.2) is 43.0 Å². The monoisotopic (exact) mass is 453 g/mol. The highest BCUT2D eigenvalue weighted by atomic mass is 32.2. The fraction of sp³-hybridized carbons (Fsp3) is 0.667. The molecule has 0 spiro atoms. The Labute approximate surface area is 188 Å².